The summed E-state index contributed by atoms with van der Waals surface area (Å²) < 4.78 is 0. The van der Waals surface area contributed by atoms with Gasteiger partial charge in [-0.25, -0.2) is 4.79 Å². The van der Waals surface area contributed by atoms with E-state index in [0.717, 1.165) is 18.4 Å². The van der Waals surface area contributed by atoms with E-state index in [-0.39, 0.29) is 29.7 Å². The van der Waals surface area contributed by atoms with E-state index < -0.39 is 5.54 Å². The van der Waals surface area contributed by atoms with Crippen LogP contribution in [-0.4, -0.2) is 64.3 Å². The minimum Gasteiger partial charge on any atom is -0.342 e. The van der Waals surface area contributed by atoms with Crippen molar-refractivity contribution in [1.82, 2.24) is 14.7 Å². The van der Waals surface area contributed by atoms with Crippen LogP contribution in [-0.2, 0) is 16.0 Å². The molecule has 29 heavy (non-hydrogen) atoms. The molecule has 3 aliphatic rings. The second-order valence-electron chi connectivity index (χ2n) is 8.98. The zero-order valence-corrected chi connectivity index (χ0v) is 17.7. The van der Waals surface area contributed by atoms with Crippen molar-refractivity contribution in [2.24, 2.45) is 5.92 Å². The summed E-state index contributed by atoms with van der Waals surface area (Å²) in [7, 11) is 0. The van der Waals surface area contributed by atoms with Gasteiger partial charge in [-0.15, -0.1) is 0 Å². The van der Waals surface area contributed by atoms with E-state index in [1.165, 1.54) is 10.5 Å². The zero-order valence-electron chi connectivity index (χ0n) is 17.7. The maximum atomic E-state index is 13.2. The molecule has 1 aromatic rings. The summed E-state index contributed by atoms with van der Waals surface area (Å²) in [5.74, 6) is 0.309. The molecular weight excluding hydrogens is 366 g/mol. The molecule has 0 aromatic heterocycles. The molecule has 1 atom stereocenters. The summed E-state index contributed by atoms with van der Waals surface area (Å²) in [6.45, 7) is 8.01. The molecule has 6 nitrogen and oxygen atoms in total. The van der Waals surface area contributed by atoms with E-state index in [1.807, 2.05) is 24.0 Å². The molecule has 4 amide bonds. The molecule has 4 rings (SSSR count). The molecule has 0 saturated carbocycles. The average Bonchev–Trinajstić information content (AvgIpc) is 3.22. The van der Waals surface area contributed by atoms with Gasteiger partial charge in [-0.1, -0.05) is 38.1 Å². The van der Waals surface area contributed by atoms with Crippen molar-refractivity contribution >= 4 is 17.8 Å². The average molecular weight is 398 g/mol. The molecular formula is C23H31N3O3. The number of likely N-dealkylation sites (tertiary alicyclic amines) is 1. The van der Waals surface area contributed by atoms with Crippen LogP contribution >= 0.6 is 0 Å². The number of amides is 4. The lowest BCUT2D eigenvalue weighted by atomic mass is 9.84. The summed E-state index contributed by atoms with van der Waals surface area (Å²) in [5, 5.41) is 0. The number of carbonyl (C=O) groups excluding carboxylic acids is 3. The van der Waals surface area contributed by atoms with Crippen LogP contribution in [0.2, 0.25) is 0 Å². The number of hydrogen-bond acceptors (Lipinski definition) is 3. The van der Waals surface area contributed by atoms with E-state index in [1.54, 1.807) is 4.90 Å². The molecule has 1 spiro atoms. The quantitative estimate of drug-likeness (QED) is 0.734. The van der Waals surface area contributed by atoms with Crippen molar-refractivity contribution in [2.45, 2.75) is 57.9 Å². The molecule has 6 heteroatoms. The molecule has 0 bridgehead atoms. The number of fused-ring (bicyclic) bond motifs is 1. The Labute approximate surface area is 172 Å². The highest BCUT2D eigenvalue weighted by molar-refractivity contribution is 6.07. The third kappa shape index (κ3) is 3.13. The normalized spacial score (nSPS) is 23.4. The monoisotopic (exact) mass is 397 g/mol. The Hall–Kier alpha value is -2.37. The first-order chi connectivity index (χ1) is 13.9. The Morgan fingerprint density at radius 2 is 1.86 bits per heavy atom. The van der Waals surface area contributed by atoms with E-state index in [2.05, 4.69) is 26.0 Å². The van der Waals surface area contributed by atoms with Gasteiger partial charge in [0.15, 0.2) is 0 Å². The predicted octanol–water partition coefficient (Wildman–Crippen LogP) is 3.02. The first-order valence-electron chi connectivity index (χ1n) is 10.9. The van der Waals surface area contributed by atoms with Crippen LogP contribution < -0.4 is 0 Å². The number of nitrogens with zero attached hydrogens (tertiary/aromatic N) is 3. The Balaban J connectivity index is 1.51. The van der Waals surface area contributed by atoms with E-state index in [9.17, 15) is 14.4 Å². The number of imide groups is 1. The van der Waals surface area contributed by atoms with Gasteiger partial charge in [-0.2, -0.15) is 0 Å². The summed E-state index contributed by atoms with van der Waals surface area (Å²) in [4.78, 5) is 44.4. The van der Waals surface area contributed by atoms with Crippen LogP contribution in [0.1, 0.15) is 57.1 Å². The highest BCUT2D eigenvalue weighted by Gasteiger charge is 2.57. The number of aryl methyl sites for hydroxylation is 1. The fraction of sp³-hybridized carbons (Fsp3) is 0.609. The zero-order chi connectivity index (χ0) is 20.8. The summed E-state index contributed by atoms with van der Waals surface area (Å²) in [6.07, 6.45) is 2.87. The molecule has 2 fully saturated rings. The van der Waals surface area contributed by atoms with Crippen LogP contribution in [0.5, 0.6) is 0 Å². The minimum atomic E-state index is -0.776. The fourth-order valence-electron chi connectivity index (χ4n) is 5.29. The fourth-order valence-corrected chi connectivity index (χ4v) is 5.29. The number of rotatable bonds is 4. The van der Waals surface area contributed by atoms with Gasteiger partial charge in [0.2, 0.25) is 5.91 Å². The third-order valence-electron chi connectivity index (χ3n) is 6.82. The lowest BCUT2D eigenvalue weighted by Gasteiger charge is -2.43. The highest BCUT2D eigenvalue weighted by atomic mass is 16.2. The Morgan fingerprint density at radius 1 is 1.17 bits per heavy atom. The van der Waals surface area contributed by atoms with Crippen LogP contribution in [0, 0.1) is 5.92 Å². The van der Waals surface area contributed by atoms with Crippen molar-refractivity contribution < 1.29 is 14.4 Å². The van der Waals surface area contributed by atoms with Gasteiger partial charge >= 0.3 is 6.03 Å². The third-order valence-corrected chi connectivity index (χ3v) is 6.82. The molecule has 0 radical (unpaired) electrons. The molecule has 2 saturated heterocycles. The number of likely N-dealkylation sites (N-methyl/N-ethyl adjacent to an activating group) is 1. The smallest absolute Gasteiger partial charge is 0.327 e. The van der Waals surface area contributed by atoms with Gasteiger partial charge in [-0.3, -0.25) is 14.5 Å². The standard InChI is InChI=1S/C23H31N3O3/c1-4-25-21(28)23(26(22(25)29)15-16(2)3)11-13-24(14-12-23)20(27)19-10-9-17-7-5-6-8-18(17)19/h5-8,16,19H,4,9-15H2,1-3H3. The van der Waals surface area contributed by atoms with Crippen molar-refractivity contribution in [2.75, 3.05) is 26.2 Å². The highest BCUT2D eigenvalue weighted by Crippen LogP contribution is 2.40. The number of benzene rings is 1. The van der Waals surface area contributed by atoms with Gasteiger partial charge < -0.3 is 9.80 Å². The van der Waals surface area contributed by atoms with Gasteiger partial charge in [0.05, 0.1) is 5.92 Å². The number of urea groups is 1. The van der Waals surface area contributed by atoms with Crippen molar-refractivity contribution in [3.63, 3.8) is 0 Å². The van der Waals surface area contributed by atoms with Crippen molar-refractivity contribution in [3.8, 4) is 0 Å². The second kappa shape index (κ2) is 7.47. The van der Waals surface area contributed by atoms with Crippen molar-refractivity contribution in [3.05, 3.63) is 35.4 Å². The first-order valence-corrected chi connectivity index (χ1v) is 10.9. The largest absolute Gasteiger partial charge is 0.342 e. The topological polar surface area (TPSA) is 60.9 Å². The molecule has 2 aliphatic heterocycles. The Morgan fingerprint density at radius 3 is 2.52 bits per heavy atom. The Bertz CT molecular complexity index is 826. The minimum absolute atomic E-state index is 0.0694. The first kappa shape index (κ1) is 19.9. The van der Waals surface area contributed by atoms with Crippen LogP contribution in [0.4, 0.5) is 4.79 Å². The second-order valence-corrected chi connectivity index (χ2v) is 8.98. The van der Waals surface area contributed by atoms with Gasteiger partial charge in [-0.05, 0) is 49.7 Å². The number of carbonyl (C=O) groups is 3. The maximum Gasteiger partial charge on any atom is 0.327 e. The SMILES string of the molecule is CCN1C(=O)N(CC(C)C)C2(CCN(C(=O)C3CCc4ccccc43)CC2)C1=O. The lowest BCUT2D eigenvalue weighted by Crippen LogP contribution is -2.58. The molecule has 156 valence electrons. The van der Waals surface area contributed by atoms with E-state index >= 15 is 0 Å². The molecule has 1 aliphatic carbocycles. The molecule has 0 N–H and O–H groups in total. The van der Waals surface area contributed by atoms with Gasteiger partial charge in [0, 0.05) is 26.2 Å². The van der Waals surface area contributed by atoms with Crippen LogP contribution in [0.3, 0.4) is 0 Å². The van der Waals surface area contributed by atoms with Gasteiger partial charge in [0.1, 0.15) is 5.54 Å². The summed E-state index contributed by atoms with van der Waals surface area (Å²) in [5.41, 5.74) is 1.66. The van der Waals surface area contributed by atoms with Crippen molar-refractivity contribution in [1.29, 1.82) is 0 Å². The van der Waals surface area contributed by atoms with Crippen LogP contribution in [0.25, 0.3) is 0 Å². The number of piperidine rings is 1. The molecule has 1 unspecified atom stereocenters. The molecule has 1 aromatic carbocycles. The Kier molecular flexibility index (Phi) is 5.13. The maximum absolute atomic E-state index is 13.2. The molecule has 2 heterocycles. The van der Waals surface area contributed by atoms with E-state index in [4.69, 9.17) is 0 Å². The van der Waals surface area contributed by atoms with E-state index in [0.29, 0.717) is 39.0 Å². The summed E-state index contributed by atoms with van der Waals surface area (Å²) >= 11 is 0. The number of hydrogen-bond donors (Lipinski definition) is 0. The van der Waals surface area contributed by atoms with Crippen LogP contribution in [0.15, 0.2) is 24.3 Å². The summed E-state index contributed by atoms with van der Waals surface area (Å²) in [6, 6.07) is 8.04. The predicted molar refractivity (Wildman–Crippen MR) is 110 cm³/mol. The lowest BCUT2D eigenvalue weighted by molar-refractivity contribution is -0.141. The van der Waals surface area contributed by atoms with Gasteiger partial charge in [0.25, 0.3) is 5.91 Å².